The molecule has 2 aromatic rings. The lowest BCUT2D eigenvalue weighted by atomic mass is 10.2. The Balaban J connectivity index is 2.11. The van der Waals surface area contributed by atoms with Crippen molar-refractivity contribution in [2.75, 3.05) is 0 Å². The molecule has 0 aromatic carbocycles. The zero-order chi connectivity index (χ0) is 11.5. The molecule has 0 amide bonds. The maximum atomic E-state index is 11.9. The first kappa shape index (κ1) is 11.4. The van der Waals surface area contributed by atoms with E-state index < -0.39 is 0 Å². The van der Waals surface area contributed by atoms with Gasteiger partial charge in [-0.15, -0.1) is 16.4 Å². The maximum absolute atomic E-state index is 11.9. The minimum absolute atomic E-state index is 0.122. The highest BCUT2D eigenvalue weighted by Crippen LogP contribution is 2.20. The summed E-state index contributed by atoms with van der Waals surface area (Å²) in [5.74, 6) is 0.122. The zero-order valence-electron chi connectivity index (χ0n) is 9.19. The third-order valence-electron chi connectivity index (χ3n) is 2.31. The Kier molecular flexibility index (Phi) is 3.46. The van der Waals surface area contributed by atoms with E-state index >= 15 is 0 Å². The van der Waals surface area contributed by atoms with Crippen LogP contribution in [0.15, 0.2) is 12.1 Å². The highest BCUT2D eigenvalue weighted by molar-refractivity contribution is 7.12. The fourth-order valence-corrected chi connectivity index (χ4v) is 2.98. The molecule has 0 bridgehead atoms. The summed E-state index contributed by atoms with van der Waals surface area (Å²) in [7, 11) is 0. The minimum Gasteiger partial charge on any atom is -0.293 e. The van der Waals surface area contributed by atoms with Gasteiger partial charge in [0.15, 0.2) is 5.78 Å². The molecule has 0 saturated carbocycles. The number of Topliss-reactive ketones (excluding diaryl/α,β-unsaturated/α-hetero) is 1. The van der Waals surface area contributed by atoms with Crippen LogP contribution in [0.5, 0.6) is 0 Å². The first-order valence-corrected chi connectivity index (χ1v) is 6.69. The van der Waals surface area contributed by atoms with Gasteiger partial charge in [-0.1, -0.05) is 11.4 Å². The van der Waals surface area contributed by atoms with E-state index in [1.165, 1.54) is 16.4 Å². The number of nitrogens with zero attached hydrogens (tertiary/aromatic N) is 2. The van der Waals surface area contributed by atoms with Gasteiger partial charge in [-0.25, -0.2) is 0 Å². The molecule has 0 aliphatic carbocycles. The van der Waals surface area contributed by atoms with Gasteiger partial charge in [0.2, 0.25) is 0 Å². The normalized spacial score (nSPS) is 10.6. The number of hydrogen-bond acceptors (Lipinski definition) is 5. The van der Waals surface area contributed by atoms with E-state index in [4.69, 9.17) is 0 Å². The molecule has 0 saturated heterocycles. The molecule has 16 heavy (non-hydrogen) atoms. The number of carbonyl (C=O) groups excluding carboxylic acids is 1. The number of carbonyl (C=O) groups is 1. The van der Waals surface area contributed by atoms with E-state index in [0.717, 1.165) is 17.0 Å². The maximum Gasteiger partial charge on any atom is 0.181 e. The first-order valence-electron chi connectivity index (χ1n) is 5.10. The highest BCUT2D eigenvalue weighted by Gasteiger charge is 2.14. The summed E-state index contributed by atoms with van der Waals surface area (Å²) in [6.45, 7) is 3.94. The Morgan fingerprint density at radius 1 is 1.38 bits per heavy atom. The Labute approximate surface area is 102 Å². The van der Waals surface area contributed by atoms with E-state index in [2.05, 4.69) is 22.6 Å². The summed E-state index contributed by atoms with van der Waals surface area (Å²) in [6, 6.07) is 4.12. The van der Waals surface area contributed by atoms with Gasteiger partial charge in [0.05, 0.1) is 5.69 Å². The smallest absolute Gasteiger partial charge is 0.181 e. The van der Waals surface area contributed by atoms with Crippen LogP contribution in [0.1, 0.15) is 32.0 Å². The van der Waals surface area contributed by atoms with Crippen molar-refractivity contribution < 1.29 is 4.79 Å². The Bertz CT molecular complexity index is 502. The molecule has 5 heteroatoms. The number of thiophene rings is 1. The average Bonchev–Trinajstić information content (AvgIpc) is 2.86. The van der Waals surface area contributed by atoms with Crippen LogP contribution in [0.25, 0.3) is 0 Å². The molecule has 0 atom stereocenters. The Morgan fingerprint density at radius 2 is 2.12 bits per heavy atom. The lowest BCUT2D eigenvalue weighted by Crippen LogP contribution is -2.01. The molecule has 0 spiro atoms. The number of ketones is 1. The Hall–Kier alpha value is -1.07. The van der Waals surface area contributed by atoms with Crippen molar-refractivity contribution in [2.45, 2.75) is 26.7 Å². The second-order valence-corrected chi connectivity index (χ2v) is 5.52. The van der Waals surface area contributed by atoms with Crippen LogP contribution in [-0.2, 0) is 12.8 Å². The van der Waals surface area contributed by atoms with Gasteiger partial charge in [0.25, 0.3) is 0 Å². The molecule has 0 aliphatic rings. The van der Waals surface area contributed by atoms with E-state index in [1.54, 1.807) is 11.3 Å². The molecule has 0 fully saturated rings. The minimum atomic E-state index is 0.122. The van der Waals surface area contributed by atoms with Gasteiger partial charge in [-0.2, -0.15) is 0 Å². The van der Waals surface area contributed by atoms with Gasteiger partial charge in [0, 0.05) is 16.2 Å². The molecule has 84 valence electrons. The largest absolute Gasteiger partial charge is 0.293 e. The molecule has 2 aromatic heterocycles. The standard InChI is InChI=1S/C11H12N2OS2/c1-3-8-4-5-9(15-8)6-10(14)11-7(2)12-13-16-11/h4-5H,3,6H2,1-2H3. The van der Waals surface area contributed by atoms with Crippen LogP contribution in [0.2, 0.25) is 0 Å². The van der Waals surface area contributed by atoms with Crippen LogP contribution in [-0.4, -0.2) is 15.4 Å². The van der Waals surface area contributed by atoms with Crippen LogP contribution in [0.4, 0.5) is 0 Å². The second-order valence-electron chi connectivity index (χ2n) is 3.51. The van der Waals surface area contributed by atoms with E-state index in [9.17, 15) is 4.79 Å². The summed E-state index contributed by atoms with van der Waals surface area (Å²) in [4.78, 5) is 15.1. The summed E-state index contributed by atoms with van der Waals surface area (Å²) in [5, 5.41) is 3.85. The molecule has 0 N–H and O–H groups in total. The fraction of sp³-hybridized carbons (Fsp3) is 0.364. The van der Waals surface area contributed by atoms with Crippen molar-refractivity contribution in [3.05, 3.63) is 32.5 Å². The fourth-order valence-electron chi connectivity index (χ4n) is 1.43. The van der Waals surface area contributed by atoms with Crippen molar-refractivity contribution in [3.8, 4) is 0 Å². The molecular formula is C11H12N2OS2. The molecule has 3 nitrogen and oxygen atoms in total. The van der Waals surface area contributed by atoms with E-state index in [-0.39, 0.29) is 5.78 Å². The monoisotopic (exact) mass is 252 g/mol. The van der Waals surface area contributed by atoms with Crippen molar-refractivity contribution >= 4 is 28.7 Å². The van der Waals surface area contributed by atoms with Crippen LogP contribution < -0.4 is 0 Å². The second kappa shape index (κ2) is 4.84. The van der Waals surface area contributed by atoms with Gasteiger partial charge >= 0.3 is 0 Å². The van der Waals surface area contributed by atoms with Gasteiger partial charge in [0.1, 0.15) is 4.88 Å². The van der Waals surface area contributed by atoms with Crippen molar-refractivity contribution in [1.82, 2.24) is 9.59 Å². The van der Waals surface area contributed by atoms with Crippen molar-refractivity contribution in [1.29, 1.82) is 0 Å². The topological polar surface area (TPSA) is 42.9 Å². The SMILES string of the molecule is CCc1ccc(CC(=O)c2snnc2C)s1. The predicted molar refractivity (Wildman–Crippen MR) is 66.4 cm³/mol. The molecule has 2 rings (SSSR count). The third kappa shape index (κ3) is 2.36. The van der Waals surface area contributed by atoms with Gasteiger partial charge in [-0.05, 0) is 37.0 Å². The van der Waals surface area contributed by atoms with E-state index in [0.29, 0.717) is 11.3 Å². The van der Waals surface area contributed by atoms with Crippen molar-refractivity contribution in [2.24, 2.45) is 0 Å². The molecular weight excluding hydrogens is 240 g/mol. The molecule has 0 aliphatic heterocycles. The summed E-state index contributed by atoms with van der Waals surface area (Å²) >= 11 is 2.89. The van der Waals surface area contributed by atoms with E-state index in [1.807, 2.05) is 13.0 Å². The number of rotatable bonds is 4. The number of aryl methyl sites for hydroxylation is 2. The zero-order valence-corrected chi connectivity index (χ0v) is 10.8. The van der Waals surface area contributed by atoms with Crippen LogP contribution in [0, 0.1) is 6.92 Å². The average molecular weight is 252 g/mol. The number of hydrogen-bond donors (Lipinski definition) is 0. The van der Waals surface area contributed by atoms with Gasteiger partial charge in [-0.3, -0.25) is 4.79 Å². The summed E-state index contributed by atoms with van der Waals surface area (Å²) in [5.41, 5.74) is 0.738. The lowest BCUT2D eigenvalue weighted by Gasteiger charge is -1.95. The lowest BCUT2D eigenvalue weighted by molar-refractivity contribution is 0.0997. The third-order valence-corrected chi connectivity index (χ3v) is 4.40. The Morgan fingerprint density at radius 3 is 2.69 bits per heavy atom. The summed E-state index contributed by atoms with van der Waals surface area (Å²) < 4.78 is 3.78. The predicted octanol–water partition coefficient (Wildman–Crippen LogP) is 2.90. The molecule has 0 unspecified atom stereocenters. The molecule has 0 radical (unpaired) electrons. The summed E-state index contributed by atoms with van der Waals surface area (Å²) in [6.07, 6.45) is 1.50. The quantitative estimate of drug-likeness (QED) is 0.786. The first-order chi connectivity index (χ1) is 7.70. The van der Waals surface area contributed by atoms with Crippen LogP contribution >= 0.6 is 22.9 Å². The molecule has 2 heterocycles. The number of aromatic nitrogens is 2. The van der Waals surface area contributed by atoms with Gasteiger partial charge < -0.3 is 0 Å². The van der Waals surface area contributed by atoms with Crippen molar-refractivity contribution in [3.63, 3.8) is 0 Å². The highest BCUT2D eigenvalue weighted by atomic mass is 32.1. The van der Waals surface area contributed by atoms with Crippen LogP contribution in [0.3, 0.4) is 0 Å².